The van der Waals surface area contributed by atoms with E-state index >= 15 is 0 Å². The Bertz CT molecular complexity index is 602. The predicted molar refractivity (Wildman–Crippen MR) is 89.1 cm³/mol. The molecule has 1 aromatic heterocycles. The van der Waals surface area contributed by atoms with Gasteiger partial charge in [-0.3, -0.25) is 4.79 Å². The van der Waals surface area contributed by atoms with Crippen molar-refractivity contribution in [2.45, 2.75) is 13.3 Å². The summed E-state index contributed by atoms with van der Waals surface area (Å²) >= 11 is 6.08. The minimum Gasteiger partial charge on any atom is -0.349 e. The Kier molecular flexibility index (Phi) is 7.87. The van der Waals surface area contributed by atoms with E-state index in [0.717, 1.165) is 19.5 Å². The molecule has 2 aromatic rings. The molecular formula is C14H19Cl2N5O. The molecule has 0 fully saturated rings. The normalized spacial score (nSPS) is 10.1. The van der Waals surface area contributed by atoms with Crippen LogP contribution in [0.1, 0.15) is 23.8 Å². The highest BCUT2D eigenvalue weighted by atomic mass is 35.5. The van der Waals surface area contributed by atoms with Crippen molar-refractivity contribution in [3.63, 3.8) is 0 Å². The van der Waals surface area contributed by atoms with E-state index in [2.05, 4.69) is 27.9 Å². The first-order valence-electron chi connectivity index (χ1n) is 6.88. The number of nitrogens with zero attached hydrogens (tertiary/aromatic N) is 3. The first kappa shape index (κ1) is 18.4. The van der Waals surface area contributed by atoms with E-state index in [9.17, 15) is 4.79 Å². The summed E-state index contributed by atoms with van der Waals surface area (Å²) in [5.74, 6) is -0.244. The average molecular weight is 344 g/mol. The van der Waals surface area contributed by atoms with E-state index in [1.807, 2.05) is 18.2 Å². The molecule has 2 rings (SSSR count). The molecule has 0 atom stereocenters. The van der Waals surface area contributed by atoms with Crippen molar-refractivity contribution in [1.82, 2.24) is 25.6 Å². The number of benzene rings is 1. The number of para-hydroxylation sites is 1. The number of nitrogens with one attached hydrogen (secondary N) is 2. The summed E-state index contributed by atoms with van der Waals surface area (Å²) in [5, 5.41) is 14.4. The molecule has 0 aliphatic rings. The third-order valence-electron chi connectivity index (χ3n) is 2.84. The smallest absolute Gasteiger partial charge is 0.273 e. The van der Waals surface area contributed by atoms with Crippen LogP contribution in [0, 0.1) is 0 Å². The van der Waals surface area contributed by atoms with Crippen LogP contribution in [0.15, 0.2) is 30.5 Å². The third kappa shape index (κ3) is 4.98. The molecule has 0 saturated carbocycles. The fourth-order valence-corrected chi connectivity index (χ4v) is 2.00. The van der Waals surface area contributed by atoms with Crippen molar-refractivity contribution in [2.24, 2.45) is 0 Å². The monoisotopic (exact) mass is 343 g/mol. The van der Waals surface area contributed by atoms with Gasteiger partial charge in [0, 0.05) is 13.1 Å². The highest BCUT2D eigenvalue weighted by Crippen LogP contribution is 2.18. The highest BCUT2D eigenvalue weighted by molar-refractivity contribution is 6.32. The molecule has 0 aliphatic heterocycles. The third-order valence-corrected chi connectivity index (χ3v) is 3.16. The lowest BCUT2D eigenvalue weighted by Crippen LogP contribution is -2.32. The lowest BCUT2D eigenvalue weighted by atomic mass is 10.3. The van der Waals surface area contributed by atoms with Gasteiger partial charge in [-0.25, -0.2) is 4.68 Å². The lowest BCUT2D eigenvalue weighted by molar-refractivity contribution is 0.0949. The molecule has 0 bridgehead atoms. The molecule has 0 aliphatic carbocycles. The SMILES string of the molecule is CCCNCCNC(=O)c1cn(-c2ccccc2Cl)nn1.Cl. The number of carbonyl (C=O) groups is 1. The number of halogens is 2. The molecule has 1 amide bonds. The Morgan fingerprint density at radius 1 is 1.27 bits per heavy atom. The summed E-state index contributed by atoms with van der Waals surface area (Å²) in [6.45, 7) is 4.33. The van der Waals surface area contributed by atoms with Crippen LogP contribution >= 0.6 is 24.0 Å². The van der Waals surface area contributed by atoms with Gasteiger partial charge in [-0.15, -0.1) is 17.5 Å². The van der Waals surface area contributed by atoms with Crippen molar-refractivity contribution in [1.29, 1.82) is 0 Å². The maximum absolute atomic E-state index is 11.9. The van der Waals surface area contributed by atoms with Crippen molar-refractivity contribution in [3.8, 4) is 5.69 Å². The number of hydrogen-bond acceptors (Lipinski definition) is 4. The van der Waals surface area contributed by atoms with Crippen molar-refractivity contribution >= 4 is 29.9 Å². The minimum atomic E-state index is -0.244. The standard InChI is InChI=1S/C14H18ClN5O.ClH/c1-2-7-16-8-9-17-14(21)12-10-20(19-18-12)13-6-4-3-5-11(13)15;/h3-6,10,16H,2,7-9H2,1H3,(H,17,21);1H. The molecule has 0 unspecified atom stereocenters. The van der Waals surface area contributed by atoms with Gasteiger partial charge in [0.25, 0.3) is 5.91 Å². The van der Waals surface area contributed by atoms with Gasteiger partial charge in [0.1, 0.15) is 0 Å². The summed E-state index contributed by atoms with van der Waals surface area (Å²) in [6, 6.07) is 7.26. The van der Waals surface area contributed by atoms with Gasteiger partial charge in [-0.2, -0.15) is 0 Å². The van der Waals surface area contributed by atoms with Gasteiger partial charge in [0.05, 0.1) is 16.9 Å². The van der Waals surface area contributed by atoms with Gasteiger partial charge in [-0.1, -0.05) is 35.9 Å². The van der Waals surface area contributed by atoms with Crippen molar-refractivity contribution in [2.75, 3.05) is 19.6 Å². The summed E-state index contributed by atoms with van der Waals surface area (Å²) < 4.78 is 1.49. The quantitative estimate of drug-likeness (QED) is 0.755. The Morgan fingerprint density at radius 3 is 2.77 bits per heavy atom. The van der Waals surface area contributed by atoms with Crippen LogP contribution < -0.4 is 10.6 Å². The first-order valence-corrected chi connectivity index (χ1v) is 7.26. The summed E-state index contributed by atoms with van der Waals surface area (Å²) in [5.41, 5.74) is 0.959. The second kappa shape index (κ2) is 9.40. The van der Waals surface area contributed by atoms with E-state index in [4.69, 9.17) is 11.6 Å². The summed E-state index contributed by atoms with van der Waals surface area (Å²) in [7, 11) is 0. The van der Waals surface area contributed by atoms with Crippen LogP contribution in [0.2, 0.25) is 5.02 Å². The highest BCUT2D eigenvalue weighted by Gasteiger charge is 2.12. The fourth-order valence-electron chi connectivity index (χ4n) is 1.78. The number of carbonyl (C=O) groups excluding carboxylic acids is 1. The second-order valence-electron chi connectivity index (χ2n) is 4.51. The van der Waals surface area contributed by atoms with Gasteiger partial charge >= 0.3 is 0 Å². The molecule has 0 spiro atoms. The van der Waals surface area contributed by atoms with Crippen LogP contribution in [0.25, 0.3) is 5.69 Å². The largest absolute Gasteiger partial charge is 0.349 e. The van der Waals surface area contributed by atoms with E-state index in [1.165, 1.54) is 4.68 Å². The van der Waals surface area contributed by atoms with Gasteiger partial charge < -0.3 is 10.6 Å². The Morgan fingerprint density at radius 2 is 2.05 bits per heavy atom. The Labute approximate surface area is 140 Å². The molecule has 6 nitrogen and oxygen atoms in total. The van der Waals surface area contributed by atoms with E-state index < -0.39 is 0 Å². The maximum Gasteiger partial charge on any atom is 0.273 e. The number of amides is 1. The zero-order valence-electron chi connectivity index (χ0n) is 12.3. The first-order chi connectivity index (χ1) is 10.2. The van der Waals surface area contributed by atoms with E-state index in [1.54, 1.807) is 12.3 Å². The number of aromatic nitrogens is 3. The van der Waals surface area contributed by atoms with Gasteiger partial charge in [0.2, 0.25) is 0 Å². The summed E-state index contributed by atoms with van der Waals surface area (Å²) in [4.78, 5) is 11.9. The molecule has 8 heteroatoms. The minimum absolute atomic E-state index is 0. The van der Waals surface area contributed by atoms with Crippen LogP contribution in [0.5, 0.6) is 0 Å². The molecule has 2 N–H and O–H groups in total. The van der Waals surface area contributed by atoms with Gasteiger partial charge in [-0.05, 0) is 25.1 Å². The maximum atomic E-state index is 11.9. The lowest BCUT2D eigenvalue weighted by Gasteiger charge is -2.04. The predicted octanol–water partition coefficient (Wildman–Crippen LogP) is 2.07. The zero-order chi connectivity index (χ0) is 15.1. The number of rotatable bonds is 7. The van der Waals surface area contributed by atoms with Crippen LogP contribution in [-0.4, -0.2) is 40.5 Å². The van der Waals surface area contributed by atoms with E-state index in [0.29, 0.717) is 17.3 Å². The zero-order valence-corrected chi connectivity index (χ0v) is 13.8. The van der Waals surface area contributed by atoms with Crippen molar-refractivity contribution in [3.05, 3.63) is 41.2 Å². The fraction of sp³-hybridized carbons (Fsp3) is 0.357. The van der Waals surface area contributed by atoms with Crippen molar-refractivity contribution < 1.29 is 4.79 Å². The second-order valence-corrected chi connectivity index (χ2v) is 4.91. The van der Waals surface area contributed by atoms with Crippen LogP contribution in [0.4, 0.5) is 0 Å². The average Bonchev–Trinajstić information content (AvgIpc) is 2.97. The van der Waals surface area contributed by atoms with Crippen LogP contribution in [0.3, 0.4) is 0 Å². The molecule has 0 radical (unpaired) electrons. The molecule has 22 heavy (non-hydrogen) atoms. The summed E-state index contributed by atoms with van der Waals surface area (Å²) in [6.07, 6.45) is 2.64. The topological polar surface area (TPSA) is 71.8 Å². The molecule has 0 saturated heterocycles. The Balaban J connectivity index is 0.00000242. The molecular weight excluding hydrogens is 325 g/mol. The molecule has 1 aromatic carbocycles. The Hall–Kier alpha value is -1.63. The molecule has 120 valence electrons. The van der Waals surface area contributed by atoms with Crippen LogP contribution in [-0.2, 0) is 0 Å². The van der Waals surface area contributed by atoms with E-state index in [-0.39, 0.29) is 24.0 Å². The number of hydrogen-bond donors (Lipinski definition) is 2. The molecule has 1 heterocycles. The van der Waals surface area contributed by atoms with Gasteiger partial charge in [0.15, 0.2) is 5.69 Å².